The minimum Gasteiger partial charge on any atom is -0.481 e. The molecule has 96 heavy (non-hydrogen) atoms. The summed E-state index contributed by atoms with van der Waals surface area (Å²) in [6.07, 6.45) is -5.24. The van der Waals surface area contributed by atoms with E-state index < -0.39 is 231 Å². The van der Waals surface area contributed by atoms with E-state index in [0.717, 1.165) is 12.5 Å². The van der Waals surface area contributed by atoms with Crippen LogP contribution in [-0.2, 0) is 78.3 Å². The number of carbonyl (C=O) groups is 15. The standard InChI is InChI=1S/C60H96N16O20/c1-8-31(6)47(74-56(92)46(30(4)5)72-54(90)40-17-13-25-76(40)58(94)38(66-42(80)27-61)26-33-14-10-9-11-15-33)57(93)73-45(29(2)3)55(91)70-37(20-23-44(83)84)51(87)69-36(19-22-43(81)82)50(86)67-34(16-12-24-65-60(63)64)49(85)68-35(18-21-41(62)79)52(88)71-39(28-77)53(89)75-48(32(7)78)59(95)96/h9-11,14-15,29-32,34-40,45-48,77-78H,8,12-13,16-28,61H2,1-7H3,(H2,62,79)(H,66,80)(H,67,86)(H,68,85)(H,69,87)(H,70,91)(H,71,88)(H,72,90)(H,73,93)(H,74,92)(H,75,89)(H,81,82)(H,83,84)(H,95,96)(H4,63,64,65)/t31-,32+,34-,35-,36-,37-,38-,39-,40-,45-,46-,47-,48-/m0/s1. The number of carbonyl (C=O) groups excluding carboxylic acids is 12. The van der Waals surface area contributed by atoms with Crippen LogP contribution in [0.3, 0.4) is 0 Å². The lowest BCUT2D eigenvalue weighted by Gasteiger charge is -2.32. The summed E-state index contributed by atoms with van der Waals surface area (Å²) >= 11 is 0. The minimum absolute atomic E-state index is 0.0955. The lowest BCUT2D eigenvalue weighted by Crippen LogP contribution is -2.62. The summed E-state index contributed by atoms with van der Waals surface area (Å²) in [5.74, 6) is -18.8. The van der Waals surface area contributed by atoms with Crippen LogP contribution in [0.5, 0.6) is 0 Å². The Bertz CT molecular complexity index is 2910. The fraction of sp³-hybridized carbons (Fsp3) is 0.633. The van der Waals surface area contributed by atoms with Crippen LogP contribution in [0.15, 0.2) is 35.3 Å². The molecule has 1 aromatic carbocycles. The van der Waals surface area contributed by atoms with Gasteiger partial charge in [0.2, 0.25) is 70.9 Å². The molecule has 13 atom stereocenters. The van der Waals surface area contributed by atoms with Gasteiger partial charge in [0.25, 0.3) is 0 Å². The number of nitrogens with zero attached hydrogens (tertiary/aromatic N) is 2. The van der Waals surface area contributed by atoms with Gasteiger partial charge in [0.15, 0.2) is 12.0 Å². The summed E-state index contributed by atoms with van der Waals surface area (Å²) in [5, 5.41) is 72.7. The molecule has 0 radical (unpaired) electrons. The van der Waals surface area contributed by atoms with Crippen LogP contribution in [0.2, 0.25) is 0 Å². The number of rotatable bonds is 43. The average molecular weight is 1360 g/mol. The van der Waals surface area contributed by atoms with Gasteiger partial charge in [-0.25, -0.2) is 4.79 Å². The van der Waals surface area contributed by atoms with Crippen LogP contribution in [0.25, 0.3) is 0 Å². The zero-order valence-electron chi connectivity index (χ0n) is 54.9. The Morgan fingerprint density at radius 2 is 0.990 bits per heavy atom. The quantitative estimate of drug-likeness (QED) is 0.0164. The Morgan fingerprint density at radius 1 is 0.552 bits per heavy atom. The molecule has 36 heteroatoms. The van der Waals surface area contributed by atoms with Crippen molar-refractivity contribution < 1.29 is 97.5 Å². The predicted octanol–water partition coefficient (Wildman–Crippen LogP) is -6.11. The number of likely N-dealkylation sites (tertiary alicyclic amines) is 1. The van der Waals surface area contributed by atoms with Crippen molar-refractivity contribution >= 4 is 94.8 Å². The summed E-state index contributed by atoms with van der Waals surface area (Å²) in [4.78, 5) is 206. The van der Waals surface area contributed by atoms with Crippen molar-refractivity contribution in [1.29, 1.82) is 0 Å². The number of amides is 12. The Hall–Kier alpha value is -9.58. The van der Waals surface area contributed by atoms with Gasteiger partial charge >= 0.3 is 17.9 Å². The zero-order valence-corrected chi connectivity index (χ0v) is 54.9. The first-order valence-corrected chi connectivity index (χ1v) is 31.4. The van der Waals surface area contributed by atoms with Crippen LogP contribution in [-0.4, -0.2) is 224 Å². The van der Waals surface area contributed by atoms with Gasteiger partial charge in [-0.1, -0.05) is 78.3 Å². The number of primary amides is 1. The number of carboxylic acid groups (broad SMARTS) is 3. The first-order chi connectivity index (χ1) is 45.1. The predicted molar refractivity (Wildman–Crippen MR) is 341 cm³/mol. The SMILES string of the molecule is CC[C@H](C)[C@H](NC(=O)[C@@H](NC(=O)[C@@H]1CCCN1C(=O)[C@H](Cc1ccccc1)NC(=O)CN)C(C)C)C(=O)N[C@H](C(=O)N[C@@H](CCC(=O)O)C(=O)N[C@@H](CCC(=O)O)C(=O)N[C@@H](CCCN=C(N)N)C(=O)N[C@@H](CCC(N)=O)C(=O)N[C@@H](CO)C(=O)N[C@H](C(=O)O)[C@@H](C)O)C(C)C. The maximum absolute atomic E-state index is 14.4. The van der Waals surface area contributed by atoms with Crippen molar-refractivity contribution in [3.05, 3.63) is 35.9 Å². The molecule has 2 rings (SSSR count). The Balaban J connectivity index is 2.48. The van der Waals surface area contributed by atoms with Crippen LogP contribution in [0.1, 0.15) is 125 Å². The number of hydrogen-bond acceptors (Lipinski definition) is 19. The number of benzene rings is 1. The number of aliphatic imine (C=N–C) groups is 1. The van der Waals surface area contributed by atoms with Crippen molar-refractivity contribution in [3.63, 3.8) is 0 Å². The molecule has 0 spiro atoms. The summed E-state index contributed by atoms with van der Waals surface area (Å²) < 4.78 is 0. The topological polar surface area (TPSA) is 597 Å². The molecule has 1 aliphatic heterocycles. The monoisotopic (exact) mass is 1360 g/mol. The molecule has 1 saturated heterocycles. The van der Waals surface area contributed by atoms with Gasteiger partial charge in [0, 0.05) is 38.8 Å². The molecule has 0 unspecified atom stereocenters. The molecule has 0 aromatic heterocycles. The third-order valence-electron chi connectivity index (χ3n) is 15.5. The molecule has 0 saturated carbocycles. The van der Waals surface area contributed by atoms with E-state index >= 15 is 0 Å². The van der Waals surface area contributed by atoms with E-state index in [-0.39, 0.29) is 51.2 Å². The summed E-state index contributed by atoms with van der Waals surface area (Å²) in [6.45, 7) is 9.12. The van der Waals surface area contributed by atoms with E-state index in [9.17, 15) is 97.5 Å². The number of aliphatic hydroxyl groups excluding tert-OH is 2. The van der Waals surface area contributed by atoms with Crippen LogP contribution in [0, 0.1) is 17.8 Å². The van der Waals surface area contributed by atoms with Gasteiger partial charge in [-0.15, -0.1) is 0 Å². The molecule has 536 valence electrons. The van der Waals surface area contributed by atoms with Gasteiger partial charge in [-0.2, -0.15) is 0 Å². The highest BCUT2D eigenvalue weighted by atomic mass is 16.4. The second-order valence-corrected chi connectivity index (χ2v) is 23.9. The van der Waals surface area contributed by atoms with Gasteiger partial charge in [-0.3, -0.25) is 72.1 Å². The summed E-state index contributed by atoms with van der Waals surface area (Å²) in [6, 6.07) is -8.54. The van der Waals surface area contributed by atoms with E-state index in [4.69, 9.17) is 22.9 Å². The molecule has 1 fully saturated rings. The van der Waals surface area contributed by atoms with Crippen molar-refractivity contribution in [1.82, 2.24) is 58.1 Å². The Labute approximate surface area is 554 Å². The average Bonchev–Trinajstić information content (AvgIpc) is 1.50. The second-order valence-electron chi connectivity index (χ2n) is 23.9. The van der Waals surface area contributed by atoms with E-state index in [1.807, 2.05) is 5.32 Å². The largest absolute Gasteiger partial charge is 0.481 e. The number of nitrogens with two attached hydrogens (primary N) is 4. The molecule has 1 aromatic rings. The highest BCUT2D eigenvalue weighted by molar-refractivity contribution is 6.00. The first-order valence-electron chi connectivity index (χ1n) is 31.4. The number of guanidine groups is 1. The van der Waals surface area contributed by atoms with Gasteiger partial charge in [0.1, 0.15) is 60.4 Å². The molecule has 23 N–H and O–H groups in total. The first kappa shape index (κ1) is 82.5. The second kappa shape index (κ2) is 41.3. The molecule has 36 nitrogen and oxygen atoms in total. The number of carboxylic acids is 3. The fourth-order valence-electron chi connectivity index (χ4n) is 9.90. The summed E-state index contributed by atoms with van der Waals surface area (Å²) in [5.41, 5.74) is 22.5. The van der Waals surface area contributed by atoms with Crippen molar-refractivity contribution in [2.45, 2.75) is 198 Å². The van der Waals surface area contributed by atoms with Gasteiger partial charge < -0.3 is 107 Å². The van der Waals surface area contributed by atoms with E-state index in [1.54, 1.807) is 58.0 Å². The molecule has 1 heterocycles. The molecule has 12 amide bonds. The van der Waals surface area contributed by atoms with Crippen LogP contribution < -0.4 is 76.1 Å². The number of hydrogen-bond donors (Lipinski definition) is 19. The molecular weight excluding hydrogens is 1260 g/mol. The lowest BCUT2D eigenvalue weighted by atomic mass is 9.95. The van der Waals surface area contributed by atoms with E-state index in [1.165, 1.54) is 18.7 Å². The molecule has 1 aliphatic rings. The van der Waals surface area contributed by atoms with Gasteiger partial charge in [0.05, 0.1) is 19.3 Å². The molecular formula is C60H96N16O20. The van der Waals surface area contributed by atoms with E-state index in [2.05, 4.69) is 52.8 Å². The van der Waals surface area contributed by atoms with Gasteiger partial charge in [-0.05, 0) is 75.2 Å². The highest BCUT2D eigenvalue weighted by Gasteiger charge is 2.42. The zero-order chi connectivity index (χ0) is 72.7. The van der Waals surface area contributed by atoms with Crippen molar-refractivity contribution in [3.8, 4) is 0 Å². The van der Waals surface area contributed by atoms with Crippen LogP contribution in [0.4, 0.5) is 0 Å². The highest BCUT2D eigenvalue weighted by Crippen LogP contribution is 2.22. The Kier molecular flexibility index (Phi) is 35.5. The number of aliphatic hydroxyl groups is 2. The molecule has 0 bridgehead atoms. The smallest absolute Gasteiger partial charge is 0.328 e. The Morgan fingerprint density at radius 3 is 1.44 bits per heavy atom. The lowest BCUT2D eigenvalue weighted by molar-refractivity contribution is -0.145. The third-order valence-corrected chi connectivity index (χ3v) is 15.5. The number of aliphatic carboxylic acids is 3. The fourth-order valence-corrected chi connectivity index (χ4v) is 9.90. The van der Waals surface area contributed by atoms with Crippen LogP contribution >= 0.6 is 0 Å². The normalized spacial score (nSPS) is 16.5. The minimum atomic E-state index is -1.91. The third kappa shape index (κ3) is 28.2. The maximum atomic E-state index is 14.4. The van der Waals surface area contributed by atoms with Crippen molar-refractivity contribution in [2.24, 2.45) is 45.7 Å². The maximum Gasteiger partial charge on any atom is 0.328 e. The summed E-state index contributed by atoms with van der Waals surface area (Å²) in [7, 11) is 0. The molecule has 0 aliphatic carbocycles. The van der Waals surface area contributed by atoms with E-state index in [0.29, 0.717) is 6.42 Å². The number of nitrogens with one attached hydrogen (secondary N) is 10. The van der Waals surface area contributed by atoms with Crippen molar-refractivity contribution in [2.75, 3.05) is 26.2 Å².